The first-order valence-electron chi connectivity index (χ1n) is 17.2. The van der Waals surface area contributed by atoms with Crippen LogP contribution in [0.4, 0.5) is 10.5 Å². The van der Waals surface area contributed by atoms with Crippen LogP contribution in [0.2, 0.25) is 0 Å². The lowest BCUT2D eigenvalue weighted by Gasteiger charge is -2.48. The van der Waals surface area contributed by atoms with Crippen molar-refractivity contribution in [1.29, 1.82) is 0 Å². The lowest BCUT2D eigenvalue weighted by Crippen LogP contribution is -2.42. The van der Waals surface area contributed by atoms with Gasteiger partial charge in [0.15, 0.2) is 5.82 Å². The molecule has 2 aliphatic rings. The Bertz CT molecular complexity index is 1590. The number of benzene rings is 1. The van der Waals surface area contributed by atoms with E-state index in [1.54, 1.807) is 9.42 Å². The first kappa shape index (κ1) is 34.0. The highest BCUT2D eigenvalue weighted by molar-refractivity contribution is 5.80. The Morgan fingerprint density at radius 3 is 2.43 bits per heavy atom. The molecule has 8 heteroatoms. The van der Waals surface area contributed by atoms with Gasteiger partial charge in [0.1, 0.15) is 5.65 Å². The quantitative estimate of drug-likeness (QED) is 0.276. The minimum absolute atomic E-state index is 0.0327. The summed E-state index contributed by atoms with van der Waals surface area (Å²) in [5.41, 5.74) is 5.57. The maximum absolute atomic E-state index is 13.4. The average Bonchev–Trinajstić information content (AvgIpc) is 3.51. The summed E-state index contributed by atoms with van der Waals surface area (Å²) in [6.45, 7) is 33.2. The van der Waals surface area contributed by atoms with Crippen LogP contribution in [0.5, 0.6) is 5.88 Å². The number of aromatic nitrogens is 3. The Kier molecular flexibility index (Phi) is 9.67. The van der Waals surface area contributed by atoms with Gasteiger partial charge in [-0.1, -0.05) is 74.4 Å². The van der Waals surface area contributed by atoms with Crippen LogP contribution < -0.4 is 4.74 Å². The van der Waals surface area contributed by atoms with Crippen molar-refractivity contribution in [2.45, 2.75) is 100 Å². The van der Waals surface area contributed by atoms with Gasteiger partial charge in [-0.15, -0.1) is 0 Å². The van der Waals surface area contributed by atoms with Crippen LogP contribution in [-0.4, -0.2) is 51.9 Å². The van der Waals surface area contributed by atoms with Crippen molar-refractivity contribution in [2.24, 2.45) is 35.0 Å². The molecule has 250 valence electrons. The summed E-state index contributed by atoms with van der Waals surface area (Å²) in [5, 5.41) is 3.44. The number of hydrogen-bond acceptors (Lipinski definition) is 4. The molecule has 1 aliphatic heterocycles. The molecule has 3 aromatic rings. The summed E-state index contributed by atoms with van der Waals surface area (Å²) in [5.74, 6) is 3.62. The number of H-pyrrole nitrogens is 1. The van der Waals surface area contributed by atoms with Crippen LogP contribution >= 0.6 is 0 Å². The van der Waals surface area contributed by atoms with E-state index in [4.69, 9.17) is 21.0 Å². The fourth-order valence-corrected chi connectivity index (χ4v) is 8.24. The van der Waals surface area contributed by atoms with Gasteiger partial charge in [-0.3, -0.25) is 5.10 Å². The number of aryl methyl sites for hydroxylation is 1. The van der Waals surface area contributed by atoms with E-state index in [2.05, 4.69) is 97.4 Å². The fraction of sp³-hybridized carbons (Fsp3) is 0.658. The van der Waals surface area contributed by atoms with Crippen molar-refractivity contribution in [3.8, 4) is 17.3 Å². The van der Waals surface area contributed by atoms with Crippen molar-refractivity contribution in [2.75, 3.05) is 26.3 Å². The van der Waals surface area contributed by atoms with Gasteiger partial charge in [0.25, 0.3) is 5.69 Å². The van der Waals surface area contributed by atoms with Gasteiger partial charge in [-0.25, -0.2) is 19.1 Å². The SMILES string of the molecule is [C-]#[N+]c1c(CC2C(CC(C)C)CC(C)CC2C(C)(C)C)c2nc(-c3ccc(C(C)(C)C)c(C)c3)[nH]n2c1OC(=O)N1CCOCC1. The number of carbonyl (C=O) groups excluding carboxylic acids is 1. The minimum atomic E-state index is -0.461. The Labute approximate surface area is 276 Å². The van der Waals surface area contributed by atoms with Gasteiger partial charge in [0, 0.05) is 24.2 Å². The zero-order chi connectivity index (χ0) is 33.6. The van der Waals surface area contributed by atoms with Gasteiger partial charge in [-0.05, 0) is 90.2 Å². The van der Waals surface area contributed by atoms with Crippen molar-refractivity contribution in [1.82, 2.24) is 19.5 Å². The Morgan fingerprint density at radius 2 is 1.85 bits per heavy atom. The molecule has 0 radical (unpaired) electrons. The molecular formula is C38H55N5O3. The number of rotatable bonds is 6. The van der Waals surface area contributed by atoms with Crippen LogP contribution in [0.15, 0.2) is 18.2 Å². The topological polar surface area (TPSA) is 76.2 Å². The first-order valence-corrected chi connectivity index (χ1v) is 17.2. The first-order chi connectivity index (χ1) is 21.6. The molecule has 46 heavy (non-hydrogen) atoms. The standard InChI is InChI=1S/C38H55N5O3/c1-23(2)18-27-19-24(3)20-31(38(8,9)10)28(27)22-29-32(39-11)35(46-36(44)42-14-16-45-17-15-42)43-34(29)40-33(41-43)26-12-13-30(25(4)21-26)37(5,6)7/h12-13,21,23-24,27-28,31H,14-20,22H2,1-10H3,(H,40,41). The maximum atomic E-state index is 13.4. The fourth-order valence-electron chi connectivity index (χ4n) is 8.24. The van der Waals surface area contributed by atoms with Gasteiger partial charge in [0.05, 0.1) is 19.8 Å². The average molecular weight is 630 g/mol. The van der Waals surface area contributed by atoms with Crippen LogP contribution in [0, 0.1) is 48.5 Å². The summed E-state index contributed by atoms with van der Waals surface area (Å²) >= 11 is 0. The third-order valence-electron chi connectivity index (χ3n) is 10.3. The molecule has 4 unspecified atom stereocenters. The highest BCUT2D eigenvalue weighted by Crippen LogP contribution is 2.51. The molecule has 1 saturated heterocycles. The number of morpholine rings is 1. The predicted molar refractivity (Wildman–Crippen MR) is 185 cm³/mol. The molecule has 8 nitrogen and oxygen atoms in total. The predicted octanol–water partition coefficient (Wildman–Crippen LogP) is 9.23. The molecule has 0 bridgehead atoms. The maximum Gasteiger partial charge on any atom is 0.415 e. The van der Waals surface area contributed by atoms with Crippen molar-refractivity contribution in [3.05, 3.63) is 46.3 Å². The summed E-state index contributed by atoms with van der Waals surface area (Å²) in [4.78, 5) is 24.3. The molecule has 4 atom stereocenters. The molecule has 2 aromatic heterocycles. The molecule has 1 amide bonds. The van der Waals surface area contributed by atoms with E-state index in [9.17, 15) is 4.79 Å². The van der Waals surface area contributed by atoms with Crippen molar-refractivity contribution in [3.63, 3.8) is 0 Å². The van der Waals surface area contributed by atoms with Crippen LogP contribution in [0.25, 0.3) is 21.9 Å². The third-order valence-corrected chi connectivity index (χ3v) is 10.3. The van der Waals surface area contributed by atoms with E-state index in [1.807, 2.05) is 0 Å². The Balaban J connectivity index is 1.64. The second-order valence-electron chi connectivity index (χ2n) is 16.5. The van der Waals surface area contributed by atoms with E-state index in [0.29, 0.717) is 73.1 Å². The molecule has 1 N–H and O–H groups in total. The smallest absolute Gasteiger partial charge is 0.402 e. The molecule has 5 rings (SSSR count). The number of amides is 1. The molecule has 1 saturated carbocycles. The number of carbonyl (C=O) groups is 1. The van der Waals surface area contributed by atoms with Gasteiger partial charge in [-0.2, -0.15) is 0 Å². The molecule has 1 aliphatic carbocycles. The summed E-state index contributed by atoms with van der Waals surface area (Å²) in [6.07, 6.45) is 3.81. The summed E-state index contributed by atoms with van der Waals surface area (Å²) in [7, 11) is 0. The number of aromatic amines is 1. The lowest BCUT2D eigenvalue weighted by molar-refractivity contribution is 0.0259. The molecule has 0 spiro atoms. The van der Waals surface area contributed by atoms with Gasteiger partial charge < -0.3 is 14.4 Å². The highest BCUT2D eigenvalue weighted by atomic mass is 16.6. The zero-order valence-corrected chi connectivity index (χ0v) is 29.8. The number of nitrogens with one attached hydrogen (secondary N) is 1. The van der Waals surface area contributed by atoms with E-state index < -0.39 is 6.09 Å². The number of fused-ring (bicyclic) bond motifs is 1. The van der Waals surface area contributed by atoms with Crippen molar-refractivity contribution >= 4 is 17.4 Å². The summed E-state index contributed by atoms with van der Waals surface area (Å²) in [6, 6.07) is 6.46. The zero-order valence-electron chi connectivity index (χ0n) is 29.8. The molecular weight excluding hydrogens is 574 g/mol. The van der Waals surface area contributed by atoms with Crippen LogP contribution in [0.3, 0.4) is 0 Å². The lowest BCUT2D eigenvalue weighted by atomic mass is 9.57. The number of hydrogen-bond donors (Lipinski definition) is 1. The molecule has 2 fully saturated rings. The largest absolute Gasteiger partial charge is 0.415 e. The van der Waals surface area contributed by atoms with Crippen LogP contribution in [-0.2, 0) is 16.6 Å². The number of nitrogens with zero attached hydrogens (tertiary/aromatic N) is 4. The Morgan fingerprint density at radius 1 is 1.15 bits per heavy atom. The molecule has 3 heterocycles. The normalized spacial score (nSPS) is 22.8. The van der Waals surface area contributed by atoms with Gasteiger partial charge >= 0.3 is 6.09 Å². The second-order valence-corrected chi connectivity index (χ2v) is 16.5. The van der Waals surface area contributed by atoms with E-state index >= 15 is 0 Å². The van der Waals surface area contributed by atoms with E-state index in [1.165, 1.54) is 24.0 Å². The van der Waals surface area contributed by atoms with Gasteiger partial charge in [0.2, 0.25) is 5.88 Å². The van der Waals surface area contributed by atoms with Crippen molar-refractivity contribution < 1.29 is 14.3 Å². The summed E-state index contributed by atoms with van der Waals surface area (Å²) < 4.78 is 13.3. The van der Waals surface area contributed by atoms with E-state index in [0.717, 1.165) is 24.0 Å². The molecule has 1 aromatic carbocycles. The van der Waals surface area contributed by atoms with E-state index in [-0.39, 0.29) is 16.7 Å². The second kappa shape index (κ2) is 13.1. The monoisotopic (exact) mass is 629 g/mol. The minimum Gasteiger partial charge on any atom is -0.402 e. The highest BCUT2D eigenvalue weighted by Gasteiger charge is 2.43. The van der Waals surface area contributed by atoms with Crippen LogP contribution in [0.1, 0.15) is 98.3 Å². The number of ether oxygens (including phenoxy) is 2. The third kappa shape index (κ3) is 7.00. The Hall–Kier alpha value is -3.31.